The molecule has 0 saturated carbocycles. The summed E-state index contributed by atoms with van der Waals surface area (Å²) in [5, 5.41) is 3.24. The third kappa shape index (κ3) is 2.37. The van der Waals surface area contributed by atoms with E-state index in [0.717, 1.165) is 0 Å². The second-order valence-corrected chi connectivity index (χ2v) is 6.00. The Kier molecular flexibility index (Phi) is 3.53. The zero-order chi connectivity index (χ0) is 12.5. The van der Waals surface area contributed by atoms with E-state index in [1.165, 1.54) is 16.7 Å². The monoisotopic (exact) mass is 276 g/mol. The molecule has 1 aromatic heterocycles. The largest absolute Gasteiger partial charge is 0.396 e. The first-order valence-electron chi connectivity index (χ1n) is 5.13. The molecule has 0 unspecified atom stereocenters. The van der Waals surface area contributed by atoms with Crippen LogP contribution < -0.4 is 11.1 Å². The van der Waals surface area contributed by atoms with Crippen LogP contribution in [0.3, 0.4) is 0 Å². The molecule has 17 heavy (non-hydrogen) atoms. The lowest BCUT2D eigenvalue weighted by Crippen LogP contribution is -2.46. The molecular weight excluding hydrogens is 264 g/mol. The fourth-order valence-electron chi connectivity index (χ4n) is 1.66. The smallest absolute Gasteiger partial charge is 0.246 e. The number of nitrogen functional groups attached to an aromatic ring is 1. The van der Waals surface area contributed by atoms with Gasteiger partial charge in [0.1, 0.15) is 4.90 Å². The number of pyridine rings is 1. The Morgan fingerprint density at radius 2 is 2.00 bits per heavy atom. The van der Waals surface area contributed by atoms with Crippen molar-refractivity contribution in [2.75, 3.05) is 31.9 Å². The Morgan fingerprint density at radius 3 is 2.65 bits per heavy atom. The summed E-state index contributed by atoms with van der Waals surface area (Å²) >= 11 is 5.78. The number of nitrogens with two attached hydrogens (primary N) is 1. The summed E-state index contributed by atoms with van der Waals surface area (Å²) in [6.45, 7) is 2.11. The number of aromatic nitrogens is 1. The molecule has 6 nitrogen and oxygen atoms in total. The maximum absolute atomic E-state index is 12.3. The Bertz CT molecular complexity index is 514. The van der Waals surface area contributed by atoms with E-state index in [9.17, 15) is 8.42 Å². The topological polar surface area (TPSA) is 88.3 Å². The molecule has 0 atom stereocenters. The molecule has 0 aliphatic carbocycles. The van der Waals surface area contributed by atoms with Gasteiger partial charge in [-0.2, -0.15) is 4.31 Å². The van der Waals surface area contributed by atoms with Crippen LogP contribution in [0.4, 0.5) is 5.69 Å². The number of nitrogens with one attached hydrogen (secondary N) is 1. The van der Waals surface area contributed by atoms with Gasteiger partial charge in [-0.3, -0.25) is 4.98 Å². The lowest BCUT2D eigenvalue weighted by atomic mass is 10.4. The minimum atomic E-state index is -3.59. The summed E-state index contributed by atoms with van der Waals surface area (Å²) in [5.41, 5.74) is 5.74. The molecule has 0 spiro atoms. The Balaban J connectivity index is 2.40. The number of rotatable bonds is 2. The molecule has 0 amide bonds. The van der Waals surface area contributed by atoms with Crippen molar-refractivity contribution in [3.8, 4) is 0 Å². The second-order valence-electron chi connectivity index (χ2n) is 3.69. The maximum Gasteiger partial charge on any atom is 0.246 e. The van der Waals surface area contributed by atoms with E-state index >= 15 is 0 Å². The molecule has 3 N–H and O–H groups in total. The van der Waals surface area contributed by atoms with Crippen molar-refractivity contribution < 1.29 is 8.42 Å². The maximum atomic E-state index is 12.3. The van der Waals surface area contributed by atoms with Crippen molar-refractivity contribution in [2.24, 2.45) is 0 Å². The normalized spacial score (nSPS) is 18.2. The number of sulfonamides is 1. The van der Waals surface area contributed by atoms with Gasteiger partial charge in [0.2, 0.25) is 10.0 Å². The van der Waals surface area contributed by atoms with Crippen LogP contribution in [0.15, 0.2) is 17.3 Å². The Morgan fingerprint density at radius 1 is 1.35 bits per heavy atom. The van der Waals surface area contributed by atoms with Crippen LogP contribution in [-0.2, 0) is 10.0 Å². The number of anilines is 1. The van der Waals surface area contributed by atoms with Gasteiger partial charge in [-0.25, -0.2) is 8.42 Å². The Hall–Kier alpha value is -0.890. The summed E-state index contributed by atoms with van der Waals surface area (Å²) in [4.78, 5) is 3.75. The van der Waals surface area contributed by atoms with Gasteiger partial charge >= 0.3 is 0 Å². The van der Waals surface area contributed by atoms with Gasteiger partial charge in [0.05, 0.1) is 10.7 Å². The zero-order valence-electron chi connectivity index (χ0n) is 9.06. The highest BCUT2D eigenvalue weighted by Gasteiger charge is 2.28. The third-order valence-electron chi connectivity index (χ3n) is 2.60. The Labute approximate surface area is 105 Å². The van der Waals surface area contributed by atoms with Crippen LogP contribution in [0.2, 0.25) is 5.02 Å². The minimum absolute atomic E-state index is 0.0214. The lowest BCUT2D eigenvalue weighted by molar-refractivity contribution is 0.360. The average Bonchev–Trinajstić information content (AvgIpc) is 2.33. The quantitative estimate of drug-likeness (QED) is 0.788. The number of nitrogens with zero attached hydrogens (tertiary/aromatic N) is 2. The van der Waals surface area contributed by atoms with Crippen LogP contribution in [0.25, 0.3) is 0 Å². The molecule has 1 aliphatic rings. The van der Waals surface area contributed by atoms with Crippen LogP contribution in [-0.4, -0.2) is 43.9 Å². The molecule has 0 aromatic carbocycles. The highest BCUT2D eigenvalue weighted by Crippen LogP contribution is 2.27. The third-order valence-corrected chi connectivity index (χ3v) is 4.82. The predicted molar refractivity (Wildman–Crippen MR) is 65.3 cm³/mol. The van der Waals surface area contributed by atoms with E-state index in [2.05, 4.69) is 10.3 Å². The molecule has 94 valence electrons. The van der Waals surface area contributed by atoms with E-state index in [1.54, 1.807) is 0 Å². The standard InChI is InChI=1S/C9H13ClN4O2S/c10-7-5-13-6-8(9(7)11)17(15,16)14-3-1-12-2-4-14/h5-6,12H,1-4H2,(H2,11,13). The van der Waals surface area contributed by atoms with Crippen LogP contribution in [0, 0.1) is 0 Å². The molecule has 8 heteroatoms. The average molecular weight is 277 g/mol. The molecule has 1 saturated heterocycles. The number of hydrogen-bond acceptors (Lipinski definition) is 5. The first-order valence-corrected chi connectivity index (χ1v) is 6.95. The molecule has 1 aromatic rings. The fourth-order valence-corrected chi connectivity index (χ4v) is 3.39. The summed E-state index contributed by atoms with van der Waals surface area (Å²) in [7, 11) is -3.59. The number of hydrogen-bond donors (Lipinski definition) is 2. The van der Waals surface area contributed by atoms with Crippen molar-refractivity contribution in [2.45, 2.75) is 4.90 Å². The van der Waals surface area contributed by atoms with E-state index in [1.807, 2.05) is 0 Å². The van der Waals surface area contributed by atoms with Gasteiger partial charge in [-0.05, 0) is 0 Å². The van der Waals surface area contributed by atoms with Crippen molar-refractivity contribution in [1.29, 1.82) is 0 Å². The number of halogens is 1. The van der Waals surface area contributed by atoms with E-state index in [-0.39, 0.29) is 15.6 Å². The van der Waals surface area contributed by atoms with E-state index in [0.29, 0.717) is 26.2 Å². The van der Waals surface area contributed by atoms with Gasteiger partial charge in [0, 0.05) is 38.6 Å². The summed E-state index contributed by atoms with van der Waals surface area (Å²) in [6, 6.07) is 0. The molecule has 0 bridgehead atoms. The summed E-state index contributed by atoms with van der Waals surface area (Å²) < 4.78 is 25.9. The van der Waals surface area contributed by atoms with Gasteiger partial charge in [-0.1, -0.05) is 11.6 Å². The van der Waals surface area contributed by atoms with Crippen molar-refractivity contribution >= 4 is 27.3 Å². The van der Waals surface area contributed by atoms with Crippen molar-refractivity contribution in [3.63, 3.8) is 0 Å². The zero-order valence-corrected chi connectivity index (χ0v) is 10.6. The second kappa shape index (κ2) is 4.77. The van der Waals surface area contributed by atoms with Crippen molar-refractivity contribution in [3.05, 3.63) is 17.4 Å². The van der Waals surface area contributed by atoms with Gasteiger partial charge in [-0.15, -0.1) is 0 Å². The highest BCUT2D eigenvalue weighted by atomic mass is 35.5. The molecule has 2 rings (SSSR count). The van der Waals surface area contributed by atoms with Gasteiger partial charge in [0.25, 0.3) is 0 Å². The van der Waals surface area contributed by atoms with E-state index < -0.39 is 10.0 Å². The highest BCUT2D eigenvalue weighted by molar-refractivity contribution is 7.89. The van der Waals surface area contributed by atoms with Crippen LogP contribution >= 0.6 is 11.6 Å². The van der Waals surface area contributed by atoms with Gasteiger partial charge in [0.15, 0.2) is 0 Å². The minimum Gasteiger partial charge on any atom is -0.396 e. The molecule has 1 aliphatic heterocycles. The van der Waals surface area contributed by atoms with Crippen LogP contribution in [0.1, 0.15) is 0 Å². The molecular formula is C9H13ClN4O2S. The summed E-state index contributed by atoms with van der Waals surface area (Å²) in [6.07, 6.45) is 2.56. The van der Waals surface area contributed by atoms with Crippen molar-refractivity contribution in [1.82, 2.24) is 14.6 Å². The SMILES string of the molecule is Nc1c(Cl)cncc1S(=O)(=O)N1CCNCC1. The lowest BCUT2D eigenvalue weighted by Gasteiger charge is -2.26. The van der Waals surface area contributed by atoms with Crippen LogP contribution in [0.5, 0.6) is 0 Å². The molecule has 1 fully saturated rings. The first kappa shape index (κ1) is 12.6. The molecule has 0 radical (unpaired) electrons. The summed E-state index contributed by atoms with van der Waals surface area (Å²) in [5.74, 6) is 0. The fraction of sp³-hybridized carbons (Fsp3) is 0.444. The first-order chi connectivity index (χ1) is 8.03. The number of piperazine rings is 1. The predicted octanol–water partition coefficient (Wildman–Crippen LogP) is -0.0889. The van der Waals surface area contributed by atoms with E-state index in [4.69, 9.17) is 17.3 Å². The van der Waals surface area contributed by atoms with Gasteiger partial charge < -0.3 is 11.1 Å². The molecule has 2 heterocycles.